The molecule has 3 saturated heterocycles. The van der Waals surface area contributed by atoms with Crippen molar-refractivity contribution in [2.75, 3.05) is 25.1 Å². The van der Waals surface area contributed by atoms with E-state index in [9.17, 15) is 14.0 Å². The van der Waals surface area contributed by atoms with E-state index >= 15 is 0 Å². The number of para-hydroxylation sites is 1. The zero-order valence-electron chi connectivity index (χ0n) is 15.7. The molecule has 29 heavy (non-hydrogen) atoms. The first-order chi connectivity index (χ1) is 14.0. The highest BCUT2D eigenvalue weighted by Gasteiger charge is 2.63. The predicted molar refractivity (Wildman–Crippen MR) is 105 cm³/mol. The Kier molecular flexibility index (Phi) is 4.34. The third-order valence-electron chi connectivity index (χ3n) is 6.02. The second kappa shape index (κ2) is 6.79. The van der Waals surface area contributed by atoms with Crippen LogP contribution in [0, 0.1) is 11.7 Å². The molecule has 3 fully saturated rings. The van der Waals surface area contributed by atoms with E-state index in [2.05, 4.69) is 5.01 Å². The number of carbonyl (C=O) groups excluding carboxylic acids is 2. The van der Waals surface area contributed by atoms with Crippen LogP contribution in [0.3, 0.4) is 0 Å². The van der Waals surface area contributed by atoms with Crippen LogP contribution in [-0.2, 0) is 9.59 Å². The minimum absolute atomic E-state index is 0.0503. The first-order valence-electron chi connectivity index (χ1n) is 9.52. The van der Waals surface area contributed by atoms with Crippen molar-refractivity contribution in [3.63, 3.8) is 0 Å². The molecule has 0 aliphatic carbocycles. The van der Waals surface area contributed by atoms with Crippen LogP contribution in [-0.4, -0.2) is 48.1 Å². The lowest BCUT2D eigenvalue weighted by Crippen LogP contribution is -2.44. The highest BCUT2D eigenvalue weighted by Crippen LogP contribution is 2.50. The molecule has 2 amide bonds. The van der Waals surface area contributed by atoms with Crippen LogP contribution in [0.5, 0.6) is 5.75 Å². The first kappa shape index (κ1) is 18.5. The van der Waals surface area contributed by atoms with Gasteiger partial charge in [0.15, 0.2) is 0 Å². The van der Waals surface area contributed by atoms with E-state index in [-0.39, 0.29) is 28.6 Å². The van der Waals surface area contributed by atoms with Crippen molar-refractivity contribution >= 4 is 29.1 Å². The van der Waals surface area contributed by atoms with Crippen LogP contribution in [0.4, 0.5) is 10.1 Å². The molecule has 3 atom stereocenters. The van der Waals surface area contributed by atoms with Crippen molar-refractivity contribution in [2.24, 2.45) is 5.92 Å². The molecule has 0 saturated carbocycles. The Morgan fingerprint density at radius 1 is 1.03 bits per heavy atom. The Morgan fingerprint density at radius 3 is 2.48 bits per heavy atom. The van der Waals surface area contributed by atoms with Gasteiger partial charge in [-0.1, -0.05) is 29.8 Å². The maximum absolute atomic E-state index is 14.0. The number of nitrogens with zero attached hydrogens (tertiary/aromatic N) is 3. The number of rotatable bonds is 3. The number of methoxy groups -OCH3 is 1. The summed E-state index contributed by atoms with van der Waals surface area (Å²) in [5.74, 6) is -1.22. The summed E-state index contributed by atoms with van der Waals surface area (Å²) < 4.78 is 19.6. The monoisotopic (exact) mass is 415 g/mol. The molecular weight excluding hydrogens is 397 g/mol. The van der Waals surface area contributed by atoms with Gasteiger partial charge in [0.1, 0.15) is 17.6 Å². The number of hydrogen-bond acceptors (Lipinski definition) is 5. The van der Waals surface area contributed by atoms with Crippen molar-refractivity contribution in [3.8, 4) is 5.75 Å². The van der Waals surface area contributed by atoms with Gasteiger partial charge in [-0.2, -0.15) is 0 Å². The standard InChI is InChI=1S/C21H19ClFN3O3/c1-29-16-6-3-2-5-13(16)18-17-19(25-10-4-9-24(18)25)21(28)26(20(17)27)12-7-8-14(22)15(23)11-12/h2-3,5-8,11,17-19H,4,9-10H2,1H3. The summed E-state index contributed by atoms with van der Waals surface area (Å²) >= 11 is 5.77. The molecule has 8 heteroatoms. The Hall–Kier alpha value is -2.48. The molecule has 6 nitrogen and oxygen atoms in total. The molecule has 3 aliphatic rings. The zero-order chi connectivity index (χ0) is 20.3. The normalized spacial score (nSPS) is 26.9. The van der Waals surface area contributed by atoms with Crippen molar-refractivity contribution in [2.45, 2.75) is 18.5 Å². The minimum Gasteiger partial charge on any atom is -0.496 e. The van der Waals surface area contributed by atoms with Crippen LogP contribution in [0.25, 0.3) is 0 Å². The summed E-state index contributed by atoms with van der Waals surface area (Å²) in [6.45, 7) is 1.47. The molecule has 0 radical (unpaired) electrons. The highest BCUT2D eigenvalue weighted by atomic mass is 35.5. The Bertz CT molecular complexity index is 1020. The number of imide groups is 1. The third kappa shape index (κ3) is 2.61. The molecule has 5 rings (SSSR count). The number of carbonyl (C=O) groups is 2. The van der Waals surface area contributed by atoms with Gasteiger partial charge in [-0.15, -0.1) is 0 Å². The van der Waals surface area contributed by atoms with Crippen LogP contribution in [0.1, 0.15) is 18.0 Å². The second-order valence-corrected chi connectivity index (χ2v) is 7.85. The fourth-order valence-electron chi connectivity index (χ4n) is 4.88. The van der Waals surface area contributed by atoms with E-state index in [4.69, 9.17) is 16.3 Å². The predicted octanol–water partition coefficient (Wildman–Crippen LogP) is 3.02. The van der Waals surface area contributed by atoms with Gasteiger partial charge in [0.05, 0.1) is 29.8 Å². The number of benzene rings is 2. The number of hydrazine groups is 1. The van der Waals surface area contributed by atoms with Crippen LogP contribution in [0.15, 0.2) is 42.5 Å². The van der Waals surface area contributed by atoms with Gasteiger partial charge in [0.25, 0.3) is 5.91 Å². The molecule has 0 aromatic heterocycles. The van der Waals surface area contributed by atoms with Gasteiger partial charge in [-0.25, -0.2) is 19.3 Å². The zero-order valence-corrected chi connectivity index (χ0v) is 16.5. The van der Waals surface area contributed by atoms with Crippen molar-refractivity contribution in [1.82, 2.24) is 10.0 Å². The van der Waals surface area contributed by atoms with E-state index in [1.165, 1.54) is 12.1 Å². The van der Waals surface area contributed by atoms with E-state index < -0.39 is 17.8 Å². The summed E-state index contributed by atoms with van der Waals surface area (Å²) in [6, 6.07) is 10.7. The molecule has 0 bridgehead atoms. The largest absolute Gasteiger partial charge is 0.496 e. The molecule has 3 heterocycles. The average molecular weight is 416 g/mol. The molecule has 150 valence electrons. The van der Waals surface area contributed by atoms with Crippen molar-refractivity contribution in [3.05, 3.63) is 58.9 Å². The van der Waals surface area contributed by atoms with Gasteiger partial charge in [-0.05, 0) is 30.7 Å². The lowest BCUT2D eigenvalue weighted by Gasteiger charge is -2.30. The van der Waals surface area contributed by atoms with Gasteiger partial charge < -0.3 is 4.74 Å². The van der Waals surface area contributed by atoms with Crippen LogP contribution < -0.4 is 9.64 Å². The Labute approximate surface area is 172 Å². The van der Waals surface area contributed by atoms with Crippen LogP contribution >= 0.6 is 11.6 Å². The van der Waals surface area contributed by atoms with Crippen LogP contribution in [0.2, 0.25) is 5.02 Å². The lowest BCUT2D eigenvalue weighted by atomic mass is 9.89. The number of hydrogen-bond donors (Lipinski definition) is 0. The third-order valence-corrected chi connectivity index (χ3v) is 6.33. The maximum atomic E-state index is 14.0. The van der Waals surface area contributed by atoms with Crippen molar-refractivity contribution < 1.29 is 18.7 Å². The Morgan fingerprint density at radius 2 is 1.76 bits per heavy atom. The fourth-order valence-corrected chi connectivity index (χ4v) is 4.99. The topological polar surface area (TPSA) is 53.1 Å². The number of amides is 2. The summed E-state index contributed by atoms with van der Waals surface area (Å²) in [7, 11) is 1.59. The molecular formula is C21H19ClFN3O3. The Balaban J connectivity index is 1.60. The first-order valence-corrected chi connectivity index (χ1v) is 9.89. The molecule has 2 aromatic rings. The molecule has 2 aromatic carbocycles. The van der Waals surface area contributed by atoms with Gasteiger partial charge in [0.2, 0.25) is 5.91 Å². The molecule has 0 spiro atoms. The quantitative estimate of drug-likeness (QED) is 0.721. The van der Waals surface area contributed by atoms with E-state index in [1.807, 2.05) is 29.3 Å². The molecule has 0 N–H and O–H groups in total. The highest BCUT2D eigenvalue weighted by molar-refractivity contribution is 6.31. The summed E-state index contributed by atoms with van der Waals surface area (Å²) in [5, 5.41) is 4.06. The van der Waals surface area contributed by atoms with E-state index in [0.29, 0.717) is 12.3 Å². The van der Waals surface area contributed by atoms with Gasteiger partial charge >= 0.3 is 0 Å². The maximum Gasteiger partial charge on any atom is 0.253 e. The molecule has 3 unspecified atom stereocenters. The average Bonchev–Trinajstić information content (AvgIpc) is 3.36. The number of halogens is 2. The second-order valence-electron chi connectivity index (χ2n) is 7.45. The van der Waals surface area contributed by atoms with Gasteiger partial charge in [0, 0.05) is 18.7 Å². The van der Waals surface area contributed by atoms with E-state index in [1.54, 1.807) is 7.11 Å². The minimum atomic E-state index is -0.661. The molecule has 3 aliphatic heterocycles. The SMILES string of the molecule is COc1ccccc1C1C2C(=O)N(c3ccc(Cl)c(F)c3)C(=O)C2N2CCCN12. The number of fused-ring (bicyclic) bond motifs is 3. The summed E-state index contributed by atoms with van der Waals surface area (Å²) in [5.41, 5.74) is 1.08. The van der Waals surface area contributed by atoms with E-state index in [0.717, 1.165) is 29.5 Å². The number of anilines is 1. The smallest absolute Gasteiger partial charge is 0.253 e. The summed E-state index contributed by atoms with van der Waals surface area (Å²) in [6.07, 6.45) is 0.909. The van der Waals surface area contributed by atoms with Crippen molar-refractivity contribution in [1.29, 1.82) is 0 Å². The summed E-state index contributed by atoms with van der Waals surface area (Å²) in [4.78, 5) is 27.9. The number of ether oxygens (including phenoxy) is 1. The fraction of sp³-hybridized carbons (Fsp3) is 0.333. The van der Waals surface area contributed by atoms with Gasteiger partial charge in [-0.3, -0.25) is 9.59 Å². The lowest BCUT2D eigenvalue weighted by molar-refractivity contribution is -0.126.